The summed E-state index contributed by atoms with van der Waals surface area (Å²) >= 11 is 0. The van der Waals surface area contributed by atoms with Crippen LogP contribution in [0.5, 0.6) is 0 Å². The van der Waals surface area contributed by atoms with Gasteiger partial charge in [0.05, 0.1) is 0 Å². The van der Waals surface area contributed by atoms with Crippen LogP contribution in [0.15, 0.2) is 4.52 Å². The standard InChI is InChI=1S/C13H21N3O/c1-12(2)7-9(12)11-15-10(17-16-11)8-13(14)5-3-4-6-13/h9H,3-8,14H2,1-2H3. The Bertz CT molecular complexity index is 418. The van der Waals surface area contributed by atoms with Crippen molar-refractivity contribution in [2.24, 2.45) is 11.1 Å². The zero-order valence-corrected chi connectivity index (χ0v) is 10.7. The van der Waals surface area contributed by atoms with E-state index in [0.717, 1.165) is 31.0 Å². The quantitative estimate of drug-likeness (QED) is 0.873. The number of nitrogens with two attached hydrogens (primary N) is 1. The molecule has 1 unspecified atom stereocenters. The molecule has 0 aliphatic heterocycles. The van der Waals surface area contributed by atoms with Crippen molar-refractivity contribution in [2.75, 3.05) is 0 Å². The summed E-state index contributed by atoms with van der Waals surface area (Å²) in [4.78, 5) is 4.52. The van der Waals surface area contributed by atoms with Gasteiger partial charge in [-0.1, -0.05) is 31.8 Å². The summed E-state index contributed by atoms with van der Waals surface area (Å²) in [7, 11) is 0. The molecule has 2 fully saturated rings. The highest BCUT2D eigenvalue weighted by Crippen LogP contribution is 2.57. The van der Waals surface area contributed by atoms with E-state index in [1.807, 2.05) is 0 Å². The molecule has 1 aromatic rings. The Labute approximate surface area is 102 Å². The Balaban J connectivity index is 1.69. The molecule has 17 heavy (non-hydrogen) atoms. The van der Waals surface area contributed by atoms with Gasteiger partial charge in [-0.25, -0.2) is 0 Å². The van der Waals surface area contributed by atoms with Crippen molar-refractivity contribution in [3.8, 4) is 0 Å². The van der Waals surface area contributed by atoms with Gasteiger partial charge in [-0.15, -0.1) is 0 Å². The Morgan fingerprint density at radius 2 is 2.00 bits per heavy atom. The number of nitrogens with zero attached hydrogens (tertiary/aromatic N) is 2. The molecule has 2 aliphatic carbocycles. The summed E-state index contributed by atoms with van der Waals surface area (Å²) in [6.45, 7) is 4.49. The van der Waals surface area contributed by atoms with Gasteiger partial charge in [0.1, 0.15) is 0 Å². The van der Waals surface area contributed by atoms with Crippen LogP contribution in [0.1, 0.15) is 63.6 Å². The van der Waals surface area contributed by atoms with Crippen molar-refractivity contribution in [2.45, 2.75) is 63.8 Å². The van der Waals surface area contributed by atoms with Gasteiger partial charge in [-0.05, 0) is 24.7 Å². The first-order chi connectivity index (χ1) is 7.99. The largest absolute Gasteiger partial charge is 0.339 e. The fourth-order valence-corrected chi connectivity index (χ4v) is 2.95. The topological polar surface area (TPSA) is 64.9 Å². The summed E-state index contributed by atoms with van der Waals surface area (Å²) in [6.07, 6.45) is 6.53. The molecule has 4 heteroatoms. The lowest BCUT2D eigenvalue weighted by Crippen LogP contribution is -2.38. The van der Waals surface area contributed by atoms with E-state index < -0.39 is 0 Å². The first-order valence-electron chi connectivity index (χ1n) is 6.60. The molecule has 0 bridgehead atoms. The molecule has 94 valence electrons. The van der Waals surface area contributed by atoms with Gasteiger partial charge < -0.3 is 10.3 Å². The van der Waals surface area contributed by atoms with Crippen molar-refractivity contribution in [3.63, 3.8) is 0 Å². The average molecular weight is 235 g/mol. The fraction of sp³-hybridized carbons (Fsp3) is 0.846. The normalized spacial score (nSPS) is 29.5. The summed E-state index contributed by atoms with van der Waals surface area (Å²) in [5.74, 6) is 2.09. The first-order valence-corrected chi connectivity index (χ1v) is 6.60. The van der Waals surface area contributed by atoms with E-state index in [2.05, 4.69) is 24.0 Å². The van der Waals surface area contributed by atoms with Crippen LogP contribution in [0.4, 0.5) is 0 Å². The molecule has 0 aromatic carbocycles. The van der Waals surface area contributed by atoms with Crippen LogP contribution in [0.2, 0.25) is 0 Å². The maximum Gasteiger partial charge on any atom is 0.228 e. The van der Waals surface area contributed by atoms with E-state index in [9.17, 15) is 0 Å². The van der Waals surface area contributed by atoms with Gasteiger partial charge in [0.2, 0.25) is 5.89 Å². The molecular formula is C13H21N3O. The van der Waals surface area contributed by atoms with Crippen LogP contribution < -0.4 is 5.73 Å². The van der Waals surface area contributed by atoms with E-state index in [1.165, 1.54) is 19.3 Å². The van der Waals surface area contributed by atoms with E-state index in [0.29, 0.717) is 11.3 Å². The molecule has 2 aliphatic rings. The molecule has 2 N–H and O–H groups in total. The smallest absolute Gasteiger partial charge is 0.228 e. The van der Waals surface area contributed by atoms with Crippen LogP contribution in [0, 0.1) is 5.41 Å². The van der Waals surface area contributed by atoms with Gasteiger partial charge in [0, 0.05) is 17.9 Å². The molecular weight excluding hydrogens is 214 g/mol. The minimum atomic E-state index is -0.0944. The molecule has 4 nitrogen and oxygen atoms in total. The number of aromatic nitrogens is 2. The molecule has 1 aromatic heterocycles. The summed E-state index contributed by atoms with van der Waals surface area (Å²) < 4.78 is 5.35. The molecule has 2 saturated carbocycles. The van der Waals surface area contributed by atoms with Crippen LogP contribution >= 0.6 is 0 Å². The Morgan fingerprint density at radius 1 is 1.35 bits per heavy atom. The maximum absolute atomic E-state index is 6.32. The van der Waals surface area contributed by atoms with Gasteiger partial charge in [-0.3, -0.25) is 0 Å². The second-order valence-electron chi connectivity index (χ2n) is 6.54. The predicted molar refractivity (Wildman–Crippen MR) is 64.5 cm³/mol. The predicted octanol–water partition coefficient (Wildman–Crippen LogP) is 2.40. The SMILES string of the molecule is CC1(C)CC1c1noc(CC2(N)CCCC2)n1. The first kappa shape index (κ1) is 11.2. The molecule has 3 rings (SSSR count). The molecule has 1 heterocycles. The van der Waals surface area contributed by atoms with E-state index >= 15 is 0 Å². The maximum atomic E-state index is 6.32. The Hall–Kier alpha value is -0.900. The highest BCUT2D eigenvalue weighted by atomic mass is 16.5. The lowest BCUT2D eigenvalue weighted by atomic mass is 9.95. The second-order valence-corrected chi connectivity index (χ2v) is 6.54. The highest BCUT2D eigenvalue weighted by Gasteiger charge is 2.49. The van der Waals surface area contributed by atoms with Gasteiger partial charge >= 0.3 is 0 Å². The van der Waals surface area contributed by atoms with Crippen molar-refractivity contribution < 1.29 is 4.52 Å². The third-order valence-corrected chi connectivity index (χ3v) is 4.41. The Kier molecular flexibility index (Phi) is 2.34. The van der Waals surface area contributed by atoms with E-state index in [-0.39, 0.29) is 5.54 Å². The molecule has 0 spiro atoms. The monoisotopic (exact) mass is 235 g/mol. The van der Waals surface area contributed by atoms with Crippen LogP contribution in [0.3, 0.4) is 0 Å². The molecule has 0 saturated heterocycles. The third-order valence-electron chi connectivity index (χ3n) is 4.41. The van der Waals surface area contributed by atoms with Crippen molar-refractivity contribution in [1.29, 1.82) is 0 Å². The minimum absolute atomic E-state index is 0.0944. The lowest BCUT2D eigenvalue weighted by Gasteiger charge is -2.20. The van der Waals surface area contributed by atoms with Crippen LogP contribution in [-0.2, 0) is 6.42 Å². The summed E-state index contributed by atoms with van der Waals surface area (Å²) in [5, 5.41) is 4.11. The minimum Gasteiger partial charge on any atom is -0.339 e. The zero-order valence-electron chi connectivity index (χ0n) is 10.7. The summed E-state index contributed by atoms with van der Waals surface area (Å²) in [6, 6.07) is 0. The highest BCUT2D eigenvalue weighted by molar-refractivity contribution is 5.14. The van der Waals surface area contributed by atoms with Gasteiger partial charge in [-0.2, -0.15) is 4.98 Å². The Morgan fingerprint density at radius 3 is 2.59 bits per heavy atom. The van der Waals surface area contributed by atoms with E-state index in [4.69, 9.17) is 10.3 Å². The number of hydrogen-bond acceptors (Lipinski definition) is 4. The van der Waals surface area contributed by atoms with Crippen molar-refractivity contribution >= 4 is 0 Å². The fourth-order valence-electron chi connectivity index (χ4n) is 2.95. The van der Waals surface area contributed by atoms with Gasteiger partial charge in [0.25, 0.3) is 0 Å². The summed E-state index contributed by atoms with van der Waals surface area (Å²) in [5.41, 5.74) is 6.58. The average Bonchev–Trinajstić information content (AvgIpc) is 2.69. The van der Waals surface area contributed by atoms with Crippen molar-refractivity contribution in [1.82, 2.24) is 10.1 Å². The van der Waals surface area contributed by atoms with Crippen LogP contribution in [0.25, 0.3) is 0 Å². The van der Waals surface area contributed by atoms with Gasteiger partial charge in [0.15, 0.2) is 5.82 Å². The zero-order chi connectivity index (χ0) is 12.1. The van der Waals surface area contributed by atoms with E-state index in [1.54, 1.807) is 0 Å². The second kappa shape index (κ2) is 3.55. The van der Waals surface area contributed by atoms with Crippen LogP contribution in [-0.4, -0.2) is 15.7 Å². The molecule has 0 amide bonds. The lowest BCUT2D eigenvalue weighted by molar-refractivity contribution is 0.326. The number of rotatable bonds is 3. The molecule has 1 atom stereocenters. The molecule has 0 radical (unpaired) electrons. The third kappa shape index (κ3) is 2.10. The number of hydrogen-bond donors (Lipinski definition) is 1. The van der Waals surface area contributed by atoms with Crippen molar-refractivity contribution in [3.05, 3.63) is 11.7 Å².